The fourth-order valence-corrected chi connectivity index (χ4v) is 5.12. The van der Waals surface area contributed by atoms with Gasteiger partial charge in [0.2, 0.25) is 5.88 Å². The fraction of sp³-hybridized carbons (Fsp3) is 0.150. The van der Waals surface area contributed by atoms with E-state index in [1.165, 1.54) is 18.3 Å². The molecule has 0 radical (unpaired) electrons. The molecule has 1 aliphatic rings. The first-order chi connectivity index (χ1) is 16.1. The van der Waals surface area contributed by atoms with Crippen molar-refractivity contribution in [1.82, 2.24) is 19.9 Å². The molecule has 0 bridgehead atoms. The molecule has 14 heteroatoms. The second-order valence-electron chi connectivity index (χ2n) is 7.18. The number of nitrogens with zero attached hydrogens (tertiary/aromatic N) is 4. The molecule has 1 aliphatic heterocycles. The number of nitrogens with one attached hydrogen (secondary N) is 1. The molecule has 0 saturated carbocycles. The summed E-state index contributed by atoms with van der Waals surface area (Å²) in [5.41, 5.74) is -2.52. The van der Waals surface area contributed by atoms with E-state index >= 15 is 0 Å². The van der Waals surface area contributed by atoms with Crippen LogP contribution in [0.3, 0.4) is 0 Å². The number of fused-ring (bicyclic) bond motifs is 2. The van der Waals surface area contributed by atoms with Crippen LogP contribution in [0.4, 0.5) is 27.6 Å². The van der Waals surface area contributed by atoms with Crippen LogP contribution in [0.1, 0.15) is 5.56 Å². The number of sulfonamides is 1. The van der Waals surface area contributed by atoms with Crippen LogP contribution in [0.2, 0.25) is 0 Å². The predicted octanol–water partition coefficient (Wildman–Crippen LogP) is 3.90. The minimum Gasteiger partial charge on any atom is -0.474 e. The molecule has 0 atom stereocenters. The smallest absolute Gasteiger partial charge is 0.417 e. The summed E-state index contributed by atoms with van der Waals surface area (Å²) in [6.45, 7) is -0.134. The molecule has 0 amide bonds. The molecule has 8 nitrogen and oxygen atoms in total. The number of pyridine rings is 1. The van der Waals surface area contributed by atoms with Gasteiger partial charge in [-0.05, 0) is 24.3 Å². The number of H-pyrrole nitrogens is 1. The molecule has 1 N–H and O–H groups in total. The van der Waals surface area contributed by atoms with Gasteiger partial charge in [-0.1, -0.05) is 0 Å². The van der Waals surface area contributed by atoms with Crippen LogP contribution in [0, 0.1) is 11.6 Å². The number of halogens is 5. The van der Waals surface area contributed by atoms with E-state index in [0.717, 1.165) is 10.4 Å². The number of hydrogen-bond donors (Lipinski definition) is 1. The summed E-state index contributed by atoms with van der Waals surface area (Å²) in [7, 11) is -4.40. The maximum absolute atomic E-state index is 14.7. The minimum absolute atomic E-state index is 0.0231. The van der Waals surface area contributed by atoms with Crippen LogP contribution in [-0.2, 0) is 16.2 Å². The van der Waals surface area contributed by atoms with Gasteiger partial charge in [0, 0.05) is 17.1 Å². The number of aromatic amines is 1. The van der Waals surface area contributed by atoms with Crippen molar-refractivity contribution in [1.29, 1.82) is 0 Å². The zero-order valence-electron chi connectivity index (χ0n) is 16.8. The molecule has 34 heavy (non-hydrogen) atoms. The van der Waals surface area contributed by atoms with Gasteiger partial charge in [-0.2, -0.15) is 21.6 Å². The number of rotatable bonds is 3. The monoisotopic (exact) mass is 497 g/mol. The van der Waals surface area contributed by atoms with Gasteiger partial charge in [-0.3, -0.25) is 4.31 Å². The Morgan fingerprint density at radius 2 is 1.82 bits per heavy atom. The van der Waals surface area contributed by atoms with Gasteiger partial charge in [-0.15, -0.1) is 0 Å². The maximum atomic E-state index is 14.7. The molecule has 0 unspecified atom stereocenters. The standard InChI is InChI=1S/C20H12F5N5O3S/c21-10-8-27-18(28-9-10)16-11-6-15(29-17(11)13(22)7-12(16)20(23,24)25)34(31,32)30-4-5-33-19-14(30)2-1-3-26-19/h1-3,6-9,29H,4-5H2. The normalized spacial score (nSPS) is 14.2. The number of alkyl halides is 3. The Balaban J connectivity index is 1.75. The highest BCUT2D eigenvalue weighted by atomic mass is 32.2. The SMILES string of the molecule is O=S(=O)(c1cc2c(-c3ncc(F)cn3)c(C(F)(F)F)cc(F)c2[nH]1)N1CCOc2ncccc21. The number of hydrogen-bond acceptors (Lipinski definition) is 6. The van der Waals surface area contributed by atoms with E-state index in [0.29, 0.717) is 12.4 Å². The molecule has 0 spiro atoms. The van der Waals surface area contributed by atoms with Gasteiger partial charge in [0.25, 0.3) is 10.0 Å². The Morgan fingerprint density at radius 1 is 1.09 bits per heavy atom. The van der Waals surface area contributed by atoms with Gasteiger partial charge >= 0.3 is 6.18 Å². The Labute approximate surface area is 188 Å². The molecule has 5 rings (SSSR count). The Morgan fingerprint density at radius 3 is 2.53 bits per heavy atom. The lowest BCUT2D eigenvalue weighted by molar-refractivity contribution is -0.137. The molecule has 0 saturated heterocycles. The van der Waals surface area contributed by atoms with Crippen LogP contribution >= 0.6 is 0 Å². The highest BCUT2D eigenvalue weighted by molar-refractivity contribution is 7.92. The summed E-state index contributed by atoms with van der Waals surface area (Å²) >= 11 is 0. The summed E-state index contributed by atoms with van der Waals surface area (Å²) < 4.78 is 102. The van der Waals surface area contributed by atoms with Crippen molar-refractivity contribution in [2.45, 2.75) is 11.2 Å². The quantitative estimate of drug-likeness (QED) is 0.431. The third-order valence-electron chi connectivity index (χ3n) is 5.11. The first kappa shape index (κ1) is 22.0. The number of ether oxygens (including phenoxy) is 1. The Kier molecular flexibility index (Phi) is 4.93. The van der Waals surface area contributed by atoms with E-state index in [1.54, 1.807) is 0 Å². The Bertz CT molecular complexity index is 1520. The molecule has 3 aromatic heterocycles. The third-order valence-corrected chi connectivity index (χ3v) is 6.85. The third kappa shape index (κ3) is 3.50. The van der Waals surface area contributed by atoms with E-state index in [9.17, 15) is 30.4 Å². The summed E-state index contributed by atoms with van der Waals surface area (Å²) in [6.07, 6.45) is -2.33. The van der Waals surface area contributed by atoms with E-state index in [1.807, 2.05) is 0 Å². The largest absolute Gasteiger partial charge is 0.474 e. The number of anilines is 1. The number of benzene rings is 1. The van der Waals surface area contributed by atoms with Gasteiger partial charge in [-0.25, -0.2) is 23.7 Å². The highest BCUT2D eigenvalue weighted by Crippen LogP contribution is 2.42. The lowest BCUT2D eigenvalue weighted by Gasteiger charge is -2.28. The second-order valence-corrected chi connectivity index (χ2v) is 9.01. The van der Waals surface area contributed by atoms with Gasteiger partial charge < -0.3 is 9.72 Å². The molecule has 0 fully saturated rings. The zero-order chi connectivity index (χ0) is 24.3. The average molecular weight is 497 g/mol. The molecular formula is C20H12F5N5O3S. The van der Waals surface area contributed by atoms with Crippen molar-refractivity contribution in [3.05, 3.63) is 60.1 Å². The average Bonchev–Trinajstić information content (AvgIpc) is 3.26. The molecule has 4 aromatic rings. The van der Waals surface area contributed by atoms with Crippen LogP contribution in [0.25, 0.3) is 22.3 Å². The van der Waals surface area contributed by atoms with Crippen molar-refractivity contribution < 1.29 is 35.1 Å². The minimum atomic E-state index is -5.03. The zero-order valence-corrected chi connectivity index (χ0v) is 17.6. The Hall–Kier alpha value is -3.81. The van der Waals surface area contributed by atoms with E-state index in [2.05, 4.69) is 19.9 Å². The molecule has 176 valence electrons. The van der Waals surface area contributed by atoms with Gasteiger partial charge in [0.1, 0.15) is 18.1 Å². The van der Waals surface area contributed by atoms with E-state index < -0.39 is 60.7 Å². The molecule has 1 aromatic carbocycles. The second kappa shape index (κ2) is 7.62. The van der Waals surface area contributed by atoms with Gasteiger partial charge in [0.05, 0.1) is 30.0 Å². The van der Waals surface area contributed by atoms with Crippen molar-refractivity contribution in [3.8, 4) is 17.3 Å². The summed E-state index contributed by atoms with van der Waals surface area (Å²) in [4.78, 5) is 13.5. The van der Waals surface area contributed by atoms with Crippen LogP contribution in [0.15, 0.2) is 47.9 Å². The van der Waals surface area contributed by atoms with Gasteiger partial charge in [0.15, 0.2) is 16.7 Å². The van der Waals surface area contributed by atoms with E-state index in [-0.39, 0.29) is 30.8 Å². The lowest BCUT2D eigenvalue weighted by atomic mass is 10.0. The van der Waals surface area contributed by atoms with Crippen molar-refractivity contribution in [2.24, 2.45) is 0 Å². The maximum Gasteiger partial charge on any atom is 0.417 e. The molecule has 4 heterocycles. The van der Waals surface area contributed by atoms with Crippen LogP contribution in [0.5, 0.6) is 5.88 Å². The van der Waals surface area contributed by atoms with E-state index in [4.69, 9.17) is 4.74 Å². The summed E-state index contributed by atoms with van der Waals surface area (Å²) in [6, 6.07) is 4.02. The number of aromatic nitrogens is 4. The summed E-state index contributed by atoms with van der Waals surface area (Å²) in [5, 5.41) is -1.00. The first-order valence-corrected chi connectivity index (χ1v) is 11.0. The summed E-state index contributed by atoms with van der Waals surface area (Å²) in [5.74, 6) is -2.73. The van der Waals surface area contributed by atoms with Crippen molar-refractivity contribution in [2.75, 3.05) is 17.5 Å². The van der Waals surface area contributed by atoms with Crippen molar-refractivity contribution in [3.63, 3.8) is 0 Å². The van der Waals surface area contributed by atoms with Crippen molar-refractivity contribution >= 4 is 26.6 Å². The van der Waals surface area contributed by atoms with Crippen LogP contribution < -0.4 is 9.04 Å². The fourth-order valence-electron chi connectivity index (χ4n) is 3.67. The predicted molar refractivity (Wildman–Crippen MR) is 109 cm³/mol. The highest BCUT2D eigenvalue weighted by Gasteiger charge is 2.38. The van der Waals surface area contributed by atoms with Crippen LogP contribution in [-0.4, -0.2) is 41.5 Å². The topological polar surface area (TPSA) is 101 Å². The first-order valence-electron chi connectivity index (χ1n) is 9.58. The lowest BCUT2D eigenvalue weighted by Crippen LogP contribution is -2.38. The molecule has 0 aliphatic carbocycles. The molecular weight excluding hydrogens is 485 g/mol.